The summed E-state index contributed by atoms with van der Waals surface area (Å²) in [4.78, 5) is 36.2. The number of anilines is 2. The van der Waals surface area contributed by atoms with Crippen LogP contribution < -0.4 is 10.6 Å². The van der Waals surface area contributed by atoms with Crippen LogP contribution in [0.1, 0.15) is 30.1 Å². The van der Waals surface area contributed by atoms with Gasteiger partial charge in [0.25, 0.3) is 5.91 Å². The van der Waals surface area contributed by atoms with E-state index in [0.717, 1.165) is 12.8 Å². The summed E-state index contributed by atoms with van der Waals surface area (Å²) in [5.41, 5.74) is 1.45. The number of carbonyl (C=O) groups is 3. The van der Waals surface area contributed by atoms with Crippen LogP contribution in [-0.2, 0) is 14.3 Å². The molecule has 0 aliphatic heterocycles. The molecule has 134 valence electrons. The molecule has 0 heterocycles. The minimum absolute atomic E-state index is 0.0360. The number of esters is 1. The zero-order valence-electron chi connectivity index (χ0n) is 14.4. The summed E-state index contributed by atoms with van der Waals surface area (Å²) in [5.74, 6) is -0.996. The highest BCUT2D eigenvalue weighted by atomic mass is 16.5. The molecule has 0 spiro atoms. The average molecular weight is 352 g/mol. The number of nitrogens with one attached hydrogen (secondary N) is 2. The Morgan fingerprint density at radius 2 is 1.65 bits per heavy atom. The van der Waals surface area contributed by atoms with Crippen LogP contribution in [0.3, 0.4) is 0 Å². The van der Waals surface area contributed by atoms with Gasteiger partial charge >= 0.3 is 5.97 Å². The number of ether oxygens (including phenoxy) is 1. The Labute approximate surface area is 151 Å². The zero-order valence-corrected chi connectivity index (χ0v) is 14.4. The molecular weight excluding hydrogens is 332 g/mol. The summed E-state index contributed by atoms with van der Waals surface area (Å²) in [7, 11) is 0. The number of hydrogen-bond acceptors (Lipinski definition) is 4. The van der Waals surface area contributed by atoms with Crippen molar-refractivity contribution in [2.45, 2.75) is 25.9 Å². The van der Waals surface area contributed by atoms with Crippen molar-refractivity contribution >= 4 is 29.2 Å². The quantitative estimate of drug-likeness (QED) is 0.782. The number of amides is 2. The highest BCUT2D eigenvalue weighted by molar-refractivity contribution is 5.99. The highest BCUT2D eigenvalue weighted by Gasteiger charge is 2.29. The molecule has 2 aromatic rings. The molecule has 6 nitrogen and oxygen atoms in total. The van der Waals surface area contributed by atoms with Gasteiger partial charge in [-0.2, -0.15) is 0 Å². The van der Waals surface area contributed by atoms with E-state index in [9.17, 15) is 14.4 Å². The van der Waals surface area contributed by atoms with Crippen LogP contribution in [0.2, 0.25) is 0 Å². The van der Waals surface area contributed by atoms with Gasteiger partial charge in [-0.3, -0.25) is 9.59 Å². The molecule has 0 bridgehead atoms. The predicted molar refractivity (Wildman–Crippen MR) is 97.7 cm³/mol. The lowest BCUT2D eigenvalue weighted by Crippen LogP contribution is -2.30. The van der Waals surface area contributed by atoms with E-state index in [-0.39, 0.29) is 17.4 Å². The summed E-state index contributed by atoms with van der Waals surface area (Å²) in [6.45, 7) is 1.51. The lowest BCUT2D eigenvalue weighted by Gasteiger charge is -2.14. The van der Waals surface area contributed by atoms with Crippen LogP contribution in [0.25, 0.3) is 0 Å². The molecule has 1 aliphatic rings. The van der Waals surface area contributed by atoms with E-state index >= 15 is 0 Å². The minimum Gasteiger partial charge on any atom is -0.449 e. The molecule has 26 heavy (non-hydrogen) atoms. The third kappa shape index (κ3) is 4.69. The van der Waals surface area contributed by atoms with Crippen LogP contribution in [-0.4, -0.2) is 23.9 Å². The summed E-state index contributed by atoms with van der Waals surface area (Å²) in [5, 5.41) is 5.46. The molecule has 1 fully saturated rings. The van der Waals surface area contributed by atoms with E-state index in [2.05, 4.69) is 10.6 Å². The van der Waals surface area contributed by atoms with E-state index in [1.807, 2.05) is 6.07 Å². The monoisotopic (exact) mass is 352 g/mol. The Hall–Kier alpha value is -3.15. The number of benzene rings is 2. The highest BCUT2D eigenvalue weighted by Crippen LogP contribution is 2.30. The zero-order chi connectivity index (χ0) is 18.5. The maximum atomic E-state index is 12.3. The molecule has 0 saturated heterocycles. The Morgan fingerprint density at radius 3 is 2.35 bits per heavy atom. The Bertz CT molecular complexity index is 816. The molecule has 2 aromatic carbocycles. The minimum atomic E-state index is -0.951. The maximum absolute atomic E-state index is 12.3. The largest absolute Gasteiger partial charge is 0.449 e. The van der Waals surface area contributed by atoms with E-state index in [4.69, 9.17) is 4.74 Å². The van der Waals surface area contributed by atoms with Crippen molar-refractivity contribution in [3.05, 3.63) is 60.2 Å². The number of hydrogen-bond donors (Lipinski definition) is 2. The third-order valence-corrected chi connectivity index (χ3v) is 4.01. The van der Waals surface area contributed by atoms with Crippen LogP contribution in [0.15, 0.2) is 54.6 Å². The first-order valence-electron chi connectivity index (χ1n) is 8.51. The molecule has 1 saturated carbocycles. The van der Waals surface area contributed by atoms with Gasteiger partial charge in [0.05, 0.1) is 5.56 Å². The van der Waals surface area contributed by atoms with E-state index < -0.39 is 18.0 Å². The molecule has 3 rings (SSSR count). The van der Waals surface area contributed by atoms with Gasteiger partial charge in [0, 0.05) is 17.3 Å². The third-order valence-electron chi connectivity index (χ3n) is 4.01. The molecule has 1 aliphatic carbocycles. The second kappa shape index (κ2) is 7.82. The summed E-state index contributed by atoms with van der Waals surface area (Å²) in [6, 6.07) is 15.4. The van der Waals surface area contributed by atoms with Gasteiger partial charge in [-0.1, -0.05) is 24.3 Å². The summed E-state index contributed by atoms with van der Waals surface area (Å²) in [6.07, 6.45) is 0.857. The Balaban J connectivity index is 1.58. The van der Waals surface area contributed by atoms with Crippen molar-refractivity contribution in [3.63, 3.8) is 0 Å². The molecule has 0 radical (unpaired) electrons. The van der Waals surface area contributed by atoms with Gasteiger partial charge < -0.3 is 15.4 Å². The second-order valence-corrected chi connectivity index (χ2v) is 6.25. The average Bonchev–Trinajstić information content (AvgIpc) is 3.48. The normalized spacial score (nSPS) is 14.2. The SMILES string of the molecule is CC(OC(=O)c1cccc(NC(=O)C2CC2)c1)C(=O)Nc1ccccc1. The van der Waals surface area contributed by atoms with Crippen molar-refractivity contribution < 1.29 is 19.1 Å². The van der Waals surface area contributed by atoms with E-state index in [1.165, 1.54) is 6.92 Å². The Morgan fingerprint density at radius 1 is 0.962 bits per heavy atom. The van der Waals surface area contributed by atoms with Crippen molar-refractivity contribution in [2.75, 3.05) is 10.6 Å². The number of para-hydroxylation sites is 1. The maximum Gasteiger partial charge on any atom is 0.338 e. The predicted octanol–water partition coefficient (Wildman–Crippen LogP) is 3.22. The number of carbonyl (C=O) groups excluding carboxylic acids is 3. The van der Waals surface area contributed by atoms with Crippen molar-refractivity contribution in [1.82, 2.24) is 0 Å². The lowest BCUT2D eigenvalue weighted by molar-refractivity contribution is -0.123. The lowest BCUT2D eigenvalue weighted by atomic mass is 10.2. The fourth-order valence-corrected chi connectivity index (χ4v) is 2.36. The fourth-order valence-electron chi connectivity index (χ4n) is 2.36. The van der Waals surface area contributed by atoms with E-state index in [1.54, 1.807) is 48.5 Å². The molecular formula is C20H20N2O4. The first-order chi connectivity index (χ1) is 12.5. The molecule has 1 unspecified atom stereocenters. The Kier molecular flexibility index (Phi) is 5.31. The van der Waals surface area contributed by atoms with Crippen molar-refractivity contribution in [3.8, 4) is 0 Å². The van der Waals surface area contributed by atoms with Crippen molar-refractivity contribution in [1.29, 1.82) is 0 Å². The van der Waals surface area contributed by atoms with Gasteiger partial charge in [-0.05, 0) is 50.1 Å². The first-order valence-corrected chi connectivity index (χ1v) is 8.51. The van der Waals surface area contributed by atoms with Gasteiger partial charge in [0.15, 0.2) is 6.10 Å². The topological polar surface area (TPSA) is 84.5 Å². The van der Waals surface area contributed by atoms with Gasteiger partial charge in [-0.15, -0.1) is 0 Å². The van der Waals surface area contributed by atoms with Gasteiger partial charge in [0.2, 0.25) is 5.91 Å². The fraction of sp³-hybridized carbons (Fsp3) is 0.250. The van der Waals surface area contributed by atoms with Gasteiger partial charge in [-0.25, -0.2) is 4.79 Å². The van der Waals surface area contributed by atoms with Crippen LogP contribution in [0.4, 0.5) is 11.4 Å². The summed E-state index contributed by atoms with van der Waals surface area (Å²) >= 11 is 0. The van der Waals surface area contributed by atoms with Crippen molar-refractivity contribution in [2.24, 2.45) is 5.92 Å². The van der Waals surface area contributed by atoms with Crippen LogP contribution in [0, 0.1) is 5.92 Å². The van der Waals surface area contributed by atoms with E-state index in [0.29, 0.717) is 11.4 Å². The molecule has 6 heteroatoms. The smallest absolute Gasteiger partial charge is 0.338 e. The standard InChI is InChI=1S/C20H20N2O4/c1-13(18(23)21-16-7-3-2-4-8-16)26-20(25)15-6-5-9-17(12-15)22-19(24)14-10-11-14/h2-9,12-14H,10-11H2,1H3,(H,21,23)(H,22,24). The second-order valence-electron chi connectivity index (χ2n) is 6.25. The van der Waals surface area contributed by atoms with Crippen LogP contribution >= 0.6 is 0 Å². The molecule has 2 N–H and O–H groups in total. The molecule has 1 atom stereocenters. The first kappa shape index (κ1) is 17.7. The number of rotatable bonds is 6. The van der Waals surface area contributed by atoms with Crippen LogP contribution in [0.5, 0.6) is 0 Å². The molecule has 0 aromatic heterocycles. The van der Waals surface area contributed by atoms with Gasteiger partial charge in [0.1, 0.15) is 0 Å². The molecule has 2 amide bonds. The summed E-state index contributed by atoms with van der Waals surface area (Å²) < 4.78 is 5.23.